The molecule has 2 atom stereocenters. The first-order valence-electron chi connectivity index (χ1n) is 6.12. The van der Waals surface area contributed by atoms with E-state index in [0.717, 1.165) is 25.2 Å². The quantitative estimate of drug-likeness (QED) is 0.590. The van der Waals surface area contributed by atoms with Crippen LogP contribution in [0.5, 0.6) is 0 Å². The van der Waals surface area contributed by atoms with Gasteiger partial charge >= 0.3 is 0 Å². The van der Waals surface area contributed by atoms with Crippen LogP contribution in [-0.2, 0) is 4.79 Å². The fraction of sp³-hybridized carbons (Fsp3) is 0.786. The Balaban J connectivity index is 2.45. The molecule has 84 valence electrons. The first-order chi connectivity index (χ1) is 6.88. The van der Waals surface area contributed by atoms with Crippen LogP contribution in [0.15, 0.2) is 11.6 Å². The monoisotopic (exact) mass is 206 g/mol. The van der Waals surface area contributed by atoms with Gasteiger partial charge in [-0.25, -0.2) is 0 Å². The smallest absolute Gasteiger partial charge is 0.155 e. The van der Waals surface area contributed by atoms with Gasteiger partial charge in [0.2, 0.25) is 0 Å². The Morgan fingerprint density at radius 1 is 1.27 bits per heavy atom. The maximum Gasteiger partial charge on any atom is 0.155 e. The van der Waals surface area contributed by atoms with Crippen molar-refractivity contribution in [3.63, 3.8) is 0 Å². The van der Waals surface area contributed by atoms with Crippen LogP contribution in [0.3, 0.4) is 0 Å². The normalized spacial score (nSPS) is 39.6. The van der Waals surface area contributed by atoms with E-state index in [4.69, 9.17) is 0 Å². The molecule has 1 nitrogen and oxygen atoms in total. The van der Waals surface area contributed by atoms with Crippen molar-refractivity contribution >= 4 is 5.78 Å². The average Bonchev–Trinajstić information content (AvgIpc) is 2.17. The lowest BCUT2D eigenvalue weighted by Gasteiger charge is -2.55. The SMILES string of the molecule is C[C@H]1CCC2=CC(=O)CC[C@]2(C)C1(C)C. The molecular weight excluding hydrogens is 184 g/mol. The molecule has 1 heteroatoms. The summed E-state index contributed by atoms with van der Waals surface area (Å²) in [6, 6.07) is 0. The molecule has 0 N–H and O–H groups in total. The first kappa shape index (κ1) is 10.9. The second-order valence-electron chi connectivity index (χ2n) is 6.13. The van der Waals surface area contributed by atoms with Gasteiger partial charge in [-0.05, 0) is 42.1 Å². The molecule has 0 spiro atoms. The molecule has 15 heavy (non-hydrogen) atoms. The highest BCUT2D eigenvalue weighted by Crippen LogP contribution is 2.59. The van der Waals surface area contributed by atoms with Crippen LogP contribution in [0.4, 0.5) is 0 Å². The molecule has 0 radical (unpaired) electrons. The van der Waals surface area contributed by atoms with Crippen molar-refractivity contribution in [2.45, 2.75) is 53.4 Å². The number of rotatable bonds is 0. The Hall–Kier alpha value is -0.590. The van der Waals surface area contributed by atoms with E-state index < -0.39 is 0 Å². The largest absolute Gasteiger partial charge is 0.295 e. The predicted octanol–water partition coefficient (Wildman–Crippen LogP) is 3.74. The van der Waals surface area contributed by atoms with Crippen LogP contribution in [0.25, 0.3) is 0 Å². The third kappa shape index (κ3) is 1.39. The number of ketones is 1. The minimum absolute atomic E-state index is 0.262. The fourth-order valence-corrected chi connectivity index (χ4v) is 3.32. The van der Waals surface area contributed by atoms with Gasteiger partial charge in [0, 0.05) is 6.42 Å². The molecule has 1 fully saturated rings. The number of fused-ring (bicyclic) bond motifs is 1. The maximum atomic E-state index is 11.5. The van der Waals surface area contributed by atoms with Crippen molar-refractivity contribution in [3.8, 4) is 0 Å². The number of allylic oxidation sites excluding steroid dienone is 2. The Labute approximate surface area is 92.9 Å². The van der Waals surface area contributed by atoms with E-state index in [0.29, 0.717) is 11.2 Å². The van der Waals surface area contributed by atoms with E-state index in [1.165, 1.54) is 12.0 Å². The highest BCUT2D eigenvalue weighted by Gasteiger charge is 2.50. The van der Waals surface area contributed by atoms with Crippen LogP contribution >= 0.6 is 0 Å². The topological polar surface area (TPSA) is 17.1 Å². The van der Waals surface area contributed by atoms with Crippen molar-refractivity contribution in [2.75, 3.05) is 0 Å². The minimum atomic E-state index is 0.262. The van der Waals surface area contributed by atoms with E-state index in [1.54, 1.807) is 0 Å². The molecule has 0 aromatic carbocycles. The summed E-state index contributed by atoms with van der Waals surface area (Å²) in [7, 11) is 0. The number of carbonyl (C=O) groups is 1. The number of hydrogen-bond acceptors (Lipinski definition) is 1. The second-order valence-corrected chi connectivity index (χ2v) is 6.13. The molecule has 0 unspecified atom stereocenters. The Bertz CT molecular complexity index is 324. The van der Waals surface area contributed by atoms with Gasteiger partial charge < -0.3 is 0 Å². The summed E-state index contributed by atoms with van der Waals surface area (Å²) in [6.45, 7) is 9.47. The Kier molecular flexibility index (Phi) is 2.33. The highest BCUT2D eigenvalue weighted by atomic mass is 16.1. The van der Waals surface area contributed by atoms with Gasteiger partial charge in [-0.1, -0.05) is 33.3 Å². The van der Waals surface area contributed by atoms with E-state index >= 15 is 0 Å². The van der Waals surface area contributed by atoms with Crippen molar-refractivity contribution < 1.29 is 4.79 Å². The third-order valence-corrected chi connectivity index (χ3v) is 5.42. The van der Waals surface area contributed by atoms with Crippen LogP contribution in [0.1, 0.15) is 53.4 Å². The Morgan fingerprint density at radius 3 is 2.60 bits per heavy atom. The standard InChI is InChI=1S/C14H22O/c1-10-5-6-11-9-12(15)7-8-14(11,4)13(10,2)3/h9-10H,5-8H2,1-4H3/t10-,14-/m0/s1. The molecule has 0 aliphatic heterocycles. The molecule has 0 heterocycles. The van der Waals surface area contributed by atoms with E-state index in [1.807, 2.05) is 6.08 Å². The molecule has 2 aliphatic carbocycles. The summed E-state index contributed by atoms with van der Waals surface area (Å²) in [5.41, 5.74) is 2.01. The number of carbonyl (C=O) groups excluding carboxylic acids is 1. The zero-order valence-electron chi connectivity index (χ0n) is 10.4. The van der Waals surface area contributed by atoms with E-state index in [9.17, 15) is 4.79 Å². The molecule has 0 bridgehead atoms. The lowest BCUT2D eigenvalue weighted by atomic mass is 9.50. The van der Waals surface area contributed by atoms with Gasteiger partial charge in [-0.3, -0.25) is 4.79 Å². The van der Waals surface area contributed by atoms with Gasteiger partial charge in [0.15, 0.2) is 5.78 Å². The summed E-state index contributed by atoms with van der Waals surface area (Å²) in [5, 5.41) is 0. The molecule has 1 saturated carbocycles. The van der Waals surface area contributed by atoms with Gasteiger partial charge in [-0.15, -0.1) is 0 Å². The number of hydrogen-bond donors (Lipinski definition) is 0. The lowest BCUT2D eigenvalue weighted by molar-refractivity contribution is -0.117. The first-order valence-corrected chi connectivity index (χ1v) is 6.12. The van der Waals surface area contributed by atoms with Gasteiger partial charge in [-0.2, -0.15) is 0 Å². The summed E-state index contributed by atoms with van der Waals surface area (Å²) in [6.07, 6.45) is 6.11. The summed E-state index contributed by atoms with van der Waals surface area (Å²) >= 11 is 0. The van der Waals surface area contributed by atoms with Crippen molar-refractivity contribution in [2.24, 2.45) is 16.7 Å². The molecule has 2 aliphatic rings. The van der Waals surface area contributed by atoms with Crippen molar-refractivity contribution in [1.82, 2.24) is 0 Å². The summed E-state index contributed by atoms with van der Waals surface area (Å²) in [4.78, 5) is 11.5. The van der Waals surface area contributed by atoms with Gasteiger partial charge in [0.1, 0.15) is 0 Å². The molecular formula is C14H22O. The second kappa shape index (κ2) is 3.20. The zero-order valence-corrected chi connectivity index (χ0v) is 10.4. The average molecular weight is 206 g/mol. The summed E-state index contributed by atoms with van der Waals surface area (Å²) in [5.74, 6) is 1.10. The fourth-order valence-electron chi connectivity index (χ4n) is 3.32. The minimum Gasteiger partial charge on any atom is -0.295 e. The molecule has 2 rings (SSSR count). The van der Waals surface area contributed by atoms with Crippen LogP contribution in [0, 0.1) is 16.7 Å². The maximum absolute atomic E-state index is 11.5. The van der Waals surface area contributed by atoms with Crippen LogP contribution in [-0.4, -0.2) is 5.78 Å². The molecule has 0 amide bonds. The third-order valence-electron chi connectivity index (χ3n) is 5.42. The molecule has 0 aromatic heterocycles. The predicted molar refractivity (Wildman–Crippen MR) is 62.6 cm³/mol. The van der Waals surface area contributed by atoms with Gasteiger partial charge in [0.25, 0.3) is 0 Å². The zero-order chi connectivity index (χ0) is 11.3. The lowest BCUT2D eigenvalue weighted by Crippen LogP contribution is -2.46. The van der Waals surface area contributed by atoms with Crippen molar-refractivity contribution in [3.05, 3.63) is 11.6 Å². The van der Waals surface area contributed by atoms with Gasteiger partial charge in [0.05, 0.1) is 0 Å². The van der Waals surface area contributed by atoms with E-state index in [2.05, 4.69) is 27.7 Å². The van der Waals surface area contributed by atoms with Crippen molar-refractivity contribution in [1.29, 1.82) is 0 Å². The van der Waals surface area contributed by atoms with E-state index in [-0.39, 0.29) is 5.41 Å². The van der Waals surface area contributed by atoms with Crippen LogP contribution < -0.4 is 0 Å². The highest BCUT2D eigenvalue weighted by molar-refractivity contribution is 5.91. The van der Waals surface area contributed by atoms with Crippen LogP contribution in [0.2, 0.25) is 0 Å². The Morgan fingerprint density at radius 2 is 1.93 bits per heavy atom. The molecule has 0 saturated heterocycles. The summed E-state index contributed by atoms with van der Waals surface area (Å²) < 4.78 is 0. The molecule has 0 aromatic rings.